The third kappa shape index (κ3) is 3.54. The normalized spacial score (nSPS) is 10.5. The standard InChI is InChI=1S/C12H22N6O/c1-8(2)10-11(16-13)14-7-15-12(10)18(5)6-9(19)17(3)4/h7-8H,6,13H2,1-5H3,(H,14,15,16). The summed E-state index contributed by atoms with van der Waals surface area (Å²) in [5, 5.41) is 0. The average Bonchev–Trinajstić information content (AvgIpc) is 2.37. The van der Waals surface area contributed by atoms with Crippen LogP contribution < -0.4 is 16.2 Å². The molecule has 7 nitrogen and oxygen atoms in total. The number of likely N-dealkylation sites (N-methyl/N-ethyl adjacent to an activating group) is 2. The van der Waals surface area contributed by atoms with Gasteiger partial charge in [-0.2, -0.15) is 0 Å². The van der Waals surface area contributed by atoms with Crippen LogP contribution in [-0.2, 0) is 4.79 Å². The molecule has 1 rings (SSSR count). The van der Waals surface area contributed by atoms with E-state index in [0.29, 0.717) is 11.6 Å². The van der Waals surface area contributed by atoms with Gasteiger partial charge < -0.3 is 15.2 Å². The quantitative estimate of drug-likeness (QED) is 0.593. The first-order valence-electron chi connectivity index (χ1n) is 6.11. The third-order valence-electron chi connectivity index (χ3n) is 2.81. The summed E-state index contributed by atoms with van der Waals surface area (Å²) in [4.78, 5) is 23.5. The number of amides is 1. The first-order valence-corrected chi connectivity index (χ1v) is 6.11. The van der Waals surface area contributed by atoms with Crippen molar-refractivity contribution in [2.75, 3.05) is 38.0 Å². The van der Waals surface area contributed by atoms with Crippen molar-refractivity contribution in [1.29, 1.82) is 0 Å². The summed E-state index contributed by atoms with van der Waals surface area (Å²) >= 11 is 0. The highest BCUT2D eigenvalue weighted by Crippen LogP contribution is 2.29. The van der Waals surface area contributed by atoms with Crippen LogP contribution in [0.1, 0.15) is 25.3 Å². The summed E-state index contributed by atoms with van der Waals surface area (Å²) in [6.07, 6.45) is 1.44. The molecule has 1 aromatic heterocycles. The van der Waals surface area contributed by atoms with E-state index in [2.05, 4.69) is 15.4 Å². The molecule has 0 spiro atoms. The second kappa shape index (κ2) is 6.33. The van der Waals surface area contributed by atoms with Gasteiger partial charge in [0.2, 0.25) is 5.91 Å². The van der Waals surface area contributed by atoms with Gasteiger partial charge in [0.25, 0.3) is 0 Å². The smallest absolute Gasteiger partial charge is 0.241 e. The molecule has 0 aliphatic rings. The van der Waals surface area contributed by atoms with Gasteiger partial charge in [-0.1, -0.05) is 13.8 Å². The number of aromatic nitrogens is 2. The number of carbonyl (C=O) groups excluding carboxylic acids is 1. The van der Waals surface area contributed by atoms with E-state index < -0.39 is 0 Å². The number of nitrogens with one attached hydrogen (secondary N) is 1. The van der Waals surface area contributed by atoms with Crippen LogP contribution in [-0.4, -0.2) is 48.5 Å². The van der Waals surface area contributed by atoms with Gasteiger partial charge in [0, 0.05) is 26.7 Å². The van der Waals surface area contributed by atoms with Crippen LogP contribution in [0.5, 0.6) is 0 Å². The number of rotatable bonds is 5. The van der Waals surface area contributed by atoms with E-state index in [1.807, 2.05) is 20.9 Å². The average molecular weight is 266 g/mol. The van der Waals surface area contributed by atoms with Crippen LogP contribution in [0.15, 0.2) is 6.33 Å². The molecular formula is C12H22N6O. The first kappa shape index (κ1) is 15.2. The van der Waals surface area contributed by atoms with Crippen LogP contribution in [0.25, 0.3) is 0 Å². The highest BCUT2D eigenvalue weighted by molar-refractivity contribution is 5.81. The van der Waals surface area contributed by atoms with E-state index in [0.717, 1.165) is 5.56 Å². The van der Waals surface area contributed by atoms with Crippen molar-refractivity contribution < 1.29 is 4.79 Å². The van der Waals surface area contributed by atoms with E-state index in [1.165, 1.54) is 6.33 Å². The summed E-state index contributed by atoms with van der Waals surface area (Å²) in [6, 6.07) is 0. The van der Waals surface area contributed by atoms with E-state index in [9.17, 15) is 4.79 Å². The zero-order chi connectivity index (χ0) is 14.6. The maximum Gasteiger partial charge on any atom is 0.241 e. The Labute approximate surface area is 113 Å². The Morgan fingerprint density at radius 3 is 2.47 bits per heavy atom. The second-order valence-corrected chi connectivity index (χ2v) is 4.90. The van der Waals surface area contributed by atoms with Crippen molar-refractivity contribution in [3.05, 3.63) is 11.9 Å². The summed E-state index contributed by atoms with van der Waals surface area (Å²) < 4.78 is 0. The molecule has 0 aliphatic carbocycles. The van der Waals surface area contributed by atoms with Gasteiger partial charge in [0.05, 0.1) is 6.54 Å². The van der Waals surface area contributed by atoms with Gasteiger partial charge in [0.15, 0.2) is 0 Å². The molecule has 1 heterocycles. The van der Waals surface area contributed by atoms with Crippen molar-refractivity contribution in [2.24, 2.45) is 5.84 Å². The molecule has 1 amide bonds. The number of hydrogen-bond donors (Lipinski definition) is 2. The fourth-order valence-corrected chi connectivity index (χ4v) is 1.76. The Morgan fingerprint density at radius 2 is 2.00 bits per heavy atom. The number of anilines is 2. The number of hydrazine groups is 1. The molecule has 0 aromatic carbocycles. The lowest BCUT2D eigenvalue weighted by molar-refractivity contribution is -0.127. The molecule has 19 heavy (non-hydrogen) atoms. The number of nitrogen functional groups attached to an aromatic ring is 1. The zero-order valence-corrected chi connectivity index (χ0v) is 12.1. The number of hydrogen-bond acceptors (Lipinski definition) is 6. The molecular weight excluding hydrogens is 244 g/mol. The minimum Gasteiger partial charge on any atom is -0.350 e. The van der Waals surface area contributed by atoms with Crippen LogP contribution >= 0.6 is 0 Å². The monoisotopic (exact) mass is 266 g/mol. The lowest BCUT2D eigenvalue weighted by Gasteiger charge is -2.24. The highest BCUT2D eigenvalue weighted by Gasteiger charge is 2.19. The highest BCUT2D eigenvalue weighted by atomic mass is 16.2. The number of nitrogens with two attached hydrogens (primary N) is 1. The van der Waals surface area contributed by atoms with Crippen molar-refractivity contribution in [3.8, 4) is 0 Å². The van der Waals surface area contributed by atoms with Crippen molar-refractivity contribution >= 4 is 17.5 Å². The van der Waals surface area contributed by atoms with Gasteiger partial charge in [-0.3, -0.25) is 4.79 Å². The Hall–Kier alpha value is -1.89. The Bertz CT molecular complexity index is 446. The largest absolute Gasteiger partial charge is 0.350 e. The minimum absolute atomic E-state index is 0.0121. The van der Waals surface area contributed by atoms with E-state index in [1.54, 1.807) is 23.9 Å². The molecule has 1 aromatic rings. The molecule has 0 bridgehead atoms. The second-order valence-electron chi connectivity index (χ2n) is 4.90. The molecule has 0 saturated heterocycles. The SMILES string of the molecule is CC(C)c1c(NN)ncnc1N(C)CC(=O)N(C)C. The van der Waals surface area contributed by atoms with Gasteiger partial charge in [-0.05, 0) is 5.92 Å². The fourth-order valence-electron chi connectivity index (χ4n) is 1.76. The maximum atomic E-state index is 11.8. The molecule has 0 fully saturated rings. The van der Waals surface area contributed by atoms with Crippen molar-refractivity contribution in [3.63, 3.8) is 0 Å². The van der Waals surface area contributed by atoms with Crippen LogP contribution in [0.2, 0.25) is 0 Å². The summed E-state index contributed by atoms with van der Waals surface area (Å²) in [5.74, 6) is 6.98. The van der Waals surface area contributed by atoms with Gasteiger partial charge >= 0.3 is 0 Å². The summed E-state index contributed by atoms with van der Waals surface area (Å²) in [6.45, 7) is 4.32. The van der Waals surface area contributed by atoms with E-state index in [-0.39, 0.29) is 18.4 Å². The summed E-state index contributed by atoms with van der Waals surface area (Å²) in [7, 11) is 5.29. The molecule has 3 N–H and O–H groups in total. The number of nitrogens with zero attached hydrogens (tertiary/aromatic N) is 4. The van der Waals surface area contributed by atoms with Crippen LogP contribution in [0, 0.1) is 0 Å². The topological polar surface area (TPSA) is 87.4 Å². The number of carbonyl (C=O) groups is 1. The van der Waals surface area contributed by atoms with Gasteiger partial charge in [-0.15, -0.1) is 0 Å². The predicted molar refractivity (Wildman–Crippen MR) is 75.9 cm³/mol. The van der Waals surface area contributed by atoms with Crippen molar-refractivity contribution in [1.82, 2.24) is 14.9 Å². The van der Waals surface area contributed by atoms with Gasteiger partial charge in [-0.25, -0.2) is 15.8 Å². The minimum atomic E-state index is 0.0121. The molecule has 7 heteroatoms. The Morgan fingerprint density at radius 1 is 1.37 bits per heavy atom. The fraction of sp³-hybridized carbons (Fsp3) is 0.583. The van der Waals surface area contributed by atoms with E-state index >= 15 is 0 Å². The molecule has 0 atom stereocenters. The van der Waals surface area contributed by atoms with E-state index in [4.69, 9.17) is 5.84 Å². The van der Waals surface area contributed by atoms with Crippen LogP contribution in [0.4, 0.5) is 11.6 Å². The van der Waals surface area contributed by atoms with Gasteiger partial charge in [0.1, 0.15) is 18.0 Å². The molecule has 0 radical (unpaired) electrons. The summed E-state index contributed by atoms with van der Waals surface area (Å²) in [5.41, 5.74) is 3.48. The molecule has 0 unspecified atom stereocenters. The zero-order valence-electron chi connectivity index (χ0n) is 12.1. The maximum absolute atomic E-state index is 11.8. The Balaban J connectivity index is 3.08. The lowest BCUT2D eigenvalue weighted by atomic mass is 10.0. The molecule has 0 aliphatic heterocycles. The lowest BCUT2D eigenvalue weighted by Crippen LogP contribution is -2.35. The molecule has 106 valence electrons. The Kier molecular flexibility index (Phi) is 5.05. The predicted octanol–water partition coefficient (Wildman–Crippen LogP) is 0.410. The van der Waals surface area contributed by atoms with Crippen LogP contribution in [0.3, 0.4) is 0 Å². The first-order chi connectivity index (χ1) is 8.88. The molecule has 0 saturated carbocycles. The third-order valence-corrected chi connectivity index (χ3v) is 2.81. The van der Waals surface area contributed by atoms with Crippen molar-refractivity contribution in [2.45, 2.75) is 19.8 Å².